The average Bonchev–Trinajstić information content (AvgIpc) is 3.53. The van der Waals surface area contributed by atoms with E-state index in [0.29, 0.717) is 29.4 Å². The Bertz CT molecular complexity index is 1220. The number of amides is 2. The molecule has 33 heavy (non-hydrogen) atoms. The van der Waals surface area contributed by atoms with Crippen molar-refractivity contribution >= 4 is 23.2 Å². The number of aromatic nitrogens is 2. The van der Waals surface area contributed by atoms with E-state index in [1.807, 2.05) is 60.8 Å². The quantitative estimate of drug-likeness (QED) is 0.388. The van der Waals surface area contributed by atoms with Crippen LogP contribution in [-0.2, 0) is 4.79 Å². The molecule has 0 aliphatic heterocycles. The molecule has 2 aromatic heterocycles. The SMILES string of the molecule is CCOc1ccccc1OCC(=O)NNC(=O)c1cn(-c2ccccc2)nc1-c1cccs1. The molecule has 2 amide bonds. The summed E-state index contributed by atoms with van der Waals surface area (Å²) in [5, 5.41) is 6.50. The van der Waals surface area contributed by atoms with Crippen LogP contribution in [0.15, 0.2) is 78.3 Å². The van der Waals surface area contributed by atoms with Crippen molar-refractivity contribution in [3.05, 3.63) is 83.9 Å². The zero-order valence-electron chi connectivity index (χ0n) is 17.9. The number of benzene rings is 2. The van der Waals surface area contributed by atoms with Crippen molar-refractivity contribution in [2.45, 2.75) is 6.92 Å². The van der Waals surface area contributed by atoms with E-state index >= 15 is 0 Å². The van der Waals surface area contributed by atoms with Gasteiger partial charge in [-0.15, -0.1) is 11.3 Å². The predicted molar refractivity (Wildman–Crippen MR) is 126 cm³/mol. The molecule has 4 aromatic rings. The normalized spacial score (nSPS) is 10.5. The summed E-state index contributed by atoms with van der Waals surface area (Å²) in [4.78, 5) is 26.0. The fraction of sp³-hybridized carbons (Fsp3) is 0.125. The average molecular weight is 463 g/mol. The highest BCUT2D eigenvalue weighted by Gasteiger charge is 2.20. The molecule has 0 atom stereocenters. The number of hydrazine groups is 1. The van der Waals surface area contributed by atoms with Gasteiger partial charge in [0.15, 0.2) is 18.1 Å². The molecular formula is C24H22N4O4S. The Balaban J connectivity index is 1.43. The van der Waals surface area contributed by atoms with E-state index in [1.165, 1.54) is 11.3 Å². The fourth-order valence-electron chi connectivity index (χ4n) is 3.07. The summed E-state index contributed by atoms with van der Waals surface area (Å²) in [5.74, 6) is 0.00196. The topological polar surface area (TPSA) is 94.5 Å². The summed E-state index contributed by atoms with van der Waals surface area (Å²) < 4.78 is 12.6. The molecule has 0 radical (unpaired) electrons. The van der Waals surface area contributed by atoms with E-state index in [9.17, 15) is 9.59 Å². The Kier molecular flexibility index (Phi) is 7.01. The number of carbonyl (C=O) groups is 2. The van der Waals surface area contributed by atoms with Crippen molar-refractivity contribution in [2.75, 3.05) is 13.2 Å². The van der Waals surface area contributed by atoms with Gasteiger partial charge in [0.2, 0.25) is 0 Å². The highest BCUT2D eigenvalue weighted by atomic mass is 32.1. The molecular weight excluding hydrogens is 440 g/mol. The second kappa shape index (κ2) is 10.5. The van der Waals surface area contributed by atoms with Gasteiger partial charge in [-0.25, -0.2) is 4.68 Å². The number of rotatable bonds is 8. The van der Waals surface area contributed by atoms with E-state index in [0.717, 1.165) is 10.6 Å². The molecule has 0 bridgehead atoms. The molecule has 0 unspecified atom stereocenters. The summed E-state index contributed by atoms with van der Waals surface area (Å²) in [7, 11) is 0. The Labute approximate surface area is 194 Å². The van der Waals surface area contributed by atoms with Crippen molar-refractivity contribution in [3.63, 3.8) is 0 Å². The Morgan fingerprint density at radius 2 is 1.67 bits per heavy atom. The first-order chi connectivity index (χ1) is 16.2. The van der Waals surface area contributed by atoms with Gasteiger partial charge in [-0.3, -0.25) is 20.4 Å². The summed E-state index contributed by atoms with van der Waals surface area (Å²) in [6.45, 7) is 2.06. The van der Waals surface area contributed by atoms with Crippen molar-refractivity contribution < 1.29 is 19.1 Å². The monoisotopic (exact) mass is 462 g/mol. The minimum Gasteiger partial charge on any atom is -0.490 e. The van der Waals surface area contributed by atoms with E-state index in [4.69, 9.17) is 9.47 Å². The highest BCUT2D eigenvalue weighted by molar-refractivity contribution is 7.13. The van der Waals surface area contributed by atoms with Crippen molar-refractivity contribution in [3.8, 4) is 27.8 Å². The zero-order chi connectivity index (χ0) is 23.0. The standard InChI is InChI=1S/C24H22N4O4S/c1-2-31-19-11-6-7-12-20(19)32-16-22(29)25-26-24(30)18-15-28(17-9-4-3-5-10-17)27-23(18)21-13-8-14-33-21/h3-15H,2,16H2,1H3,(H,25,29)(H,26,30). The van der Waals surface area contributed by atoms with Crippen LogP contribution in [0.4, 0.5) is 0 Å². The number of carbonyl (C=O) groups excluding carboxylic acids is 2. The van der Waals surface area contributed by atoms with Crippen LogP contribution in [0.1, 0.15) is 17.3 Å². The first-order valence-electron chi connectivity index (χ1n) is 10.3. The summed E-state index contributed by atoms with van der Waals surface area (Å²) >= 11 is 1.48. The Hall–Kier alpha value is -4.11. The molecule has 2 N–H and O–H groups in total. The van der Waals surface area contributed by atoms with Gasteiger partial charge in [-0.05, 0) is 42.6 Å². The van der Waals surface area contributed by atoms with Crippen LogP contribution in [-0.4, -0.2) is 34.8 Å². The van der Waals surface area contributed by atoms with Crippen LogP contribution in [0.5, 0.6) is 11.5 Å². The van der Waals surface area contributed by atoms with Gasteiger partial charge in [-0.2, -0.15) is 5.10 Å². The maximum absolute atomic E-state index is 12.9. The number of para-hydroxylation sites is 3. The molecule has 0 fully saturated rings. The summed E-state index contributed by atoms with van der Waals surface area (Å²) in [6, 6.07) is 20.3. The second-order valence-electron chi connectivity index (χ2n) is 6.82. The third-order valence-electron chi connectivity index (χ3n) is 4.56. The van der Waals surface area contributed by atoms with Gasteiger partial charge in [0.1, 0.15) is 5.69 Å². The molecule has 0 spiro atoms. The lowest BCUT2D eigenvalue weighted by molar-refractivity contribution is -0.123. The predicted octanol–water partition coefficient (Wildman–Crippen LogP) is 3.84. The van der Waals surface area contributed by atoms with E-state index in [-0.39, 0.29) is 6.61 Å². The lowest BCUT2D eigenvalue weighted by Crippen LogP contribution is -2.43. The first-order valence-corrected chi connectivity index (χ1v) is 11.2. The number of thiophene rings is 1. The maximum Gasteiger partial charge on any atom is 0.276 e. The van der Waals surface area contributed by atoms with Gasteiger partial charge in [0.25, 0.3) is 11.8 Å². The Morgan fingerprint density at radius 3 is 2.36 bits per heavy atom. The molecule has 2 aromatic carbocycles. The Morgan fingerprint density at radius 1 is 0.939 bits per heavy atom. The fourth-order valence-corrected chi connectivity index (χ4v) is 3.79. The van der Waals surface area contributed by atoms with Gasteiger partial charge in [-0.1, -0.05) is 36.4 Å². The molecule has 2 heterocycles. The maximum atomic E-state index is 12.9. The van der Waals surface area contributed by atoms with Crippen LogP contribution in [0.25, 0.3) is 16.3 Å². The minimum atomic E-state index is -0.511. The van der Waals surface area contributed by atoms with Crippen molar-refractivity contribution in [1.29, 1.82) is 0 Å². The lowest BCUT2D eigenvalue weighted by atomic mass is 10.2. The molecule has 0 aliphatic carbocycles. The van der Waals surface area contributed by atoms with Gasteiger partial charge < -0.3 is 9.47 Å². The van der Waals surface area contributed by atoms with E-state index in [2.05, 4.69) is 16.0 Å². The van der Waals surface area contributed by atoms with Crippen molar-refractivity contribution in [2.24, 2.45) is 0 Å². The number of hydrogen-bond donors (Lipinski definition) is 2. The lowest BCUT2D eigenvalue weighted by Gasteiger charge is -2.12. The van der Waals surface area contributed by atoms with Crippen molar-refractivity contribution in [1.82, 2.24) is 20.6 Å². The van der Waals surface area contributed by atoms with Gasteiger partial charge in [0, 0.05) is 6.20 Å². The van der Waals surface area contributed by atoms with Crippen LogP contribution in [0, 0.1) is 0 Å². The molecule has 0 saturated heterocycles. The zero-order valence-corrected chi connectivity index (χ0v) is 18.7. The minimum absolute atomic E-state index is 0.286. The number of nitrogens with one attached hydrogen (secondary N) is 2. The second-order valence-corrected chi connectivity index (χ2v) is 7.77. The largest absolute Gasteiger partial charge is 0.490 e. The smallest absolute Gasteiger partial charge is 0.276 e. The molecule has 168 valence electrons. The van der Waals surface area contributed by atoms with Gasteiger partial charge in [0.05, 0.1) is 22.7 Å². The molecule has 8 nitrogen and oxygen atoms in total. The van der Waals surface area contributed by atoms with E-state index < -0.39 is 11.8 Å². The third-order valence-corrected chi connectivity index (χ3v) is 5.43. The summed E-state index contributed by atoms with van der Waals surface area (Å²) in [6.07, 6.45) is 1.64. The van der Waals surface area contributed by atoms with Crippen LogP contribution in [0.2, 0.25) is 0 Å². The number of nitrogens with zero attached hydrogens (tertiary/aromatic N) is 2. The summed E-state index contributed by atoms with van der Waals surface area (Å²) in [5.41, 5.74) is 6.52. The third kappa shape index (κ3) is 5.39. The number of ether oxygens (including phenoxy) is 2. The first kappa shape index (κ1) is 22.1. The molecule has 0 saturated carbocycles. The van der Waals surface area contributed by atoms with Crippen LogP contribution >= 0.6 is 11.3 Å². The highest BCUT2D eigenvalue weighted by Crippen LogP contribution is 2.28. The van der Waals surface area contributed by atoms with E-state index in [1.54, 1.807) is 29.1 Å². The van der Waals surface area contributed by atoms with Crippen LogP contribution < -0.4 is 20.3 Å². The molecule has 0 aliphatic rings. The van der Waals surface area contributed by atoms with Gasteiger partial charge >= 0.3 is 0 Å². The molecule has 9 heteroatoms. The van der Waals surface area contributed by atoms with Crippen LogP contribution in [0.3, 0.4) is 0 Å². The molecule has 4 rings (SSSR count). The number of hydrogen-bond acceptors (Lipinski definition) is 6.